The molecule has 1 amide bonds. The van der Waals surface area contributed by atoms with Crippen molar-refractivity contribution in [3.8, 4) is 11.5 Å². The van der Waals surface area contributed by atoms with Gasteiger partial charge in [-0.1, -0.05) is 0 Å². The Balaban J connectivity index is 2.14. The molecule has 1 fully saturated rings. The molecule has 2 rings (SSSR count). The molecule has 0 aromatic heterocycles. The molecule has 0 bridgehead atoms. The number of benzene rings is 1. The van der Waals surface area contributed by atoms with E-state index in [2.05, 4.69) is 5.32 Å². The first-order valence-corrected chi connectivity index (χ1v) is 6.38. The third-order valence-corrected chi connectivity index (χ3v) is 3.26. The van der Waals surface area contributed by atoms with E-state index in [1.165, 1.54) is 7.11 Å². The Bertz CT molecular complexity index is 469. The van der Waals surface area contributed by atoms with Crippen molar-refractivity contribution in [2.45, 2.75) is 25.3 Å². The van der Waals surface area contributed by atoms with Gasteiger partial charge in [-0.3, -0.25) is 4.79 Å². The van der Waals surface area contributed by atoms with E-state index >= 15 is 0 Å². The van der Waals surface area contributed by atoms with E-state index in [4.69, 9.17) is 9.47 Å². The van der Waals surface area contributed by atoms with Gasteiger partial charge in [-0.15, -0.1) is 0 Å². The maximum Gasteiger partial charge on any atom is 0.251 e. The summed E-state index contributed by atoms with van der Waals surface area (Å²) in [5.74, 6) is 0.945. The number of carbonyl (C=O) groups excluding carboxylic acids is 1. The molecule has 104 valence electrons. The van der Waals surface area contributed by atoms with Crippen LogP contribution in [0.5, 0.6) is 11.5 Å². The van der Waals surface area contributed by atoms with E-state index in [-0.39, 0.29) is 12.5 Å². The summed E-state index contributed by atoms with van der Waals surface area (Å²) >= 11 is 0. The van der Waals surface area contributed by atoms with Crippen molar-refractivity contribution in [3.05, 3.63) is 23.8 Å². The molecular weight excluding hydrogens is 246 g/mol. The number of hydrogen-bond donors (Lipinski definition) is 2. The largest absolute Gasteiger partial charge is 0.493 e. The molecule has 0 radical (unpaired) electrons. The highest BCUT2D eigenvalue weighted by Gasteiger charge is 2.43. The molecule has 0 heterocycles. The van der Waals surface area contributed by atoms with E-state index in [1.807, 2.05) is 6.92 Å². The number of carbonyl (C=O) groups is 1. The lowest BCUT2D eigenvalue weighted by molar-refractivity contribution is 0.0906. The zero-order chi connectivity index (χ0) is 13.9. The number of aliphatic hydroxyl groups is 1. The fraction of sp³-hybridized carbons (Fsp3) is 0.500. The third kappa shape index (κ3) is 2.98. The molecule has 1 saturated carbocycles. The van der Waals surface area contributed by atoms with Gasteiger partial charge in [0, 0.05) is 5.56 Å². The summed E-state index contributed by atoms with van der Waals surface area (Å²) in [6.07, 6.45) is 1.65. The third-order valence-electron chi connectivity index (χ3n) is 3.26. The summed E-state index contributed by atoms with van der Waals surface area (Å²) in [4.78, 5) is 12.1. The Morgan fingerprint density at radius 3 is 2.68 bits per heavy atom. The Kier molecular flexibility index (Phi) is 3.95. The number of methoxy groups -OCH3 is 1. The van der Waals surface area contributed by atoms with Gasteiger partial charge in [0.25, 0.3) is 5.91 Å². The highest BCUT2D eigenvalue weighted by atomic mass is 16.5. The fourth-order valence-electron chi connectivity index (χ4n) is 1.87. The summed E-state index contributed by atoms with van der Waals surface area (Å²) in [6, 6.07) is 5.06. The van der Waals surface area contributed by atoms with E-state index in [9.17, 15) is 9.90 Å². The molecule has 1 aromatic carbocycles. The van der Waals surface area contributed by atoms with Crippen LogP contribution >= 0.6 is 0 Å². The monoisotopic (exact) mass is 265 g/mol. The summed E-state index contributed by atoms with van der Waals surface area (Å²) in [5.41, 5.74) is 0.0862. The number of amides is 1. The van der Waals surface area contributed by atoms with Gasteiger partial charge in [0.1, 0.15) is 0 Å². The van der Waals surface area contributed by atoms with E-state index < -0.39 is 5.54 Å². The van der Waals surface area contributed by atoms with Crippen LogP contribution in [0.15, 0.2) is 18.2 Å². The van der Waals surface area contributed by atoms with Crippen molar-refractivity contribution in [1.29, 1.82) is 0 Å². The maximum atomic E-state index is 12.1. The Hall–Kier alpha value is -1.75. The minimum atomic E-state index is -0.414. The number of hydrogen-bond acceptors (Lipinski definition) is 4. The first-order chi connectivity index (χ1) is 9.14. The number of rotatable bonds is 6. The number of aliphatic hydroxyl groups excluding tert-OH is 1. The maximum absolute atomic E-state index is 12.1. The minimum Gasteiger partial charge on any atom is -0.493 e. The molecule has 19 heavy (non-hydrogen) atoms. The van der Waals surface area contributed by atoms with Crippen LogP contribution in [0.1, 0.15) is 30.1 Å². The van der Waals surface area contributed by atoms with Gasteiger partial charge in [-0.25, -0.2) is 0 Å². The normalized spacial score (nSPS) is 15.7. The molecule has 1 aliphatic rings. The smallest absolute Gasteiger partial charge is 0.251 e. The van der Waals surface area contributed by atoms with Gasteiger partial charge in [0.05, 0.1) is 25.9 Å². The van der Waals surface area contributed by atoms with Crippen LogP contribution in [-0.4, -0.2) is 36.9 Å². The molecule has 0 unspecified atom stereocenters. The van der Waals surface area contributed by atoms with E-state index in [0.29, 0.717) is 23.7 Å². The molecule has 1 aromatic rings. The van der Waals surface area contributed by atoms with Crippen LogP contribution < -0.4 is 14.8 Å². The lowest BCUT2D eigenvalue weighted by Crippen LogP contribution is -2.39. The number of ether oxygens (including phenoxy) is 2. The van der Waals surface area contributed by atoms with Gasteiger partial charge in [-0.05, 0) is 38.0 Å². The second-order valence-corrected chi connectivity index (χ2v) is 4.69. The van der Waals surface area contributed by atoms with E-state index in [1.54, 1.807) is 18.2 Å². The van der Waals surface area contributed by atoms with Crippen LogP contribution in [0.2, 0.25) is 0 Å². The van der Waals surface area contributed by atoms with Crippen LogP contribution in [0, 0.1) is 0 Å². The van der Waals surface area contributed by atoms with Gasteiger partial charge >= 0.3 is 0 Å². The quantitative estimate of drug-likeness (QED) is 0.814. The van der Waals surface area contributed by atoms with Crippen LogP contribution in [0.3, 0.4) is 0 Å². The van der Waals surface area contributed by atoms with Crippen molar-refractivity contribution >= 4 is 5.91 Å². The van der Waals surface area contributed by atoms with Gasteiger partial charge in [0.15, 0.2) is 11.5 Å². The van der Waals surface area contributed by atoms with Gasteiger partial charge in [0.2, 0.25) is 0 Å². The molecular formula is C14H19NO4. The van der Waals surface area contributed by atoms with Crippen LogP contribution in [-0.2, 0) is 0 Å². The van der Waals surface area contributed by atoms with E-state index in [0.717, 1.165) is 12.8 Å². The lowest BCUT2D eigenvalue weighted by Gasteiger charge is -2.15. The molecule has 0 saturated heterocycles. The molecule has 5 heteroatoms. The molecule has 0 atom stereocenters. The summed E-state index contributed by atoms with van der Waals surface area (Å²) < 4.78 is 10.6. The summed E-state index contributed by atoms with van der Waals surface area (Å²) in [5, 5.41) is 12.1. The minimum absolute atomic E-state index is 0.0209. The van der Waals surface area contributed by atoms with Crippen molar-refractivity contribution in [2.75, 3.05) is 20.3 Å². The Morgan fingerprint density at radius 2 is 2.16 bits per heavy atom. The molecule has 0 spiro atoms. The molecule has 1 aliphatic carbocycles. The zero-order valence-electron chi connectivity index (χ0n) is 11.2. The Labute approximate surface area is 112 Å². The van der Waals surface area contributed by atoms with Crippen molar-refractivity contribution < 1.29 is 19.4 Å². The predicted molar refractivity (Wildman–Crippen MR) is 70.7 cm³/mol. The highest BCUT2D eigenvalue weighted by molar-refractivity contribution is 5.95. The van der Waals surface area contributed by atoms with Gasteiger partial charge in [-0.2, -0.15) is 0 Å². The van der Waals surface area contributed by atoms with Crippen LogP contribution in [0.4, 0.5) is 0 Å². The highest BCUT2D eigenvalue weighted by Crippen LogP contribution is 2.35. The average molecular weight is 265 g/mol. The number of nitrogens with one attached hydrogen (secondary N) is 1. The SMILES string of the molecule is CCOc1ccc(C(=O)NC2(CO)CC2)cc1OC. The fourth-order valence-corrected chi connectivity index (χ4v) is 1.87. The average Bonchev–Trinajstić information content (AvgIpc) is 3.19. The van der Waals surface area contributed by atoms with Crippen molar-refractivity contribution in [2.24, 2.45) is 0 Å². The first-order valence-electron chi connectivity index (χ1n) is 6.38. The second-order valence-electron chi connectivity index (χ2n) is 4.69. The first kappa shape index (κ1) is 13.7. The summed E-state index contributed by atoms with van der Waals surface area (Å²) in [7, 11) is 1.54. The zero-order valence-corrected chi connectivity index (χ0v) is 11.2. The van der Waals surface area contributed by atoms with Gasteiger partial charge < -0.3 is 19.9 Å². The van der Waals surface area contributed by atoms with Crippen LogP contribution in [0.25, 0.3) is 0 Å². The topological polar surface area (TPSA) is 67.8 Å². The van der Waals surface area contributed by atoms with Crippen molar-refractivity contribution in [3.63, 3.8) is 0 Å². The Morgan fingerprint density at radius 1 is 1.42 bits per heavy atom. The standard InChI is InChI=1S/C14H19NO4/c1-3-19-11-5-4-10(8-12(11)18-2)13(17)15-14(9-16)6-7-14/h4-5,8,16H,3,6-7,9H2,1-2H3,(H,15,17). The molecule has 5 nitrogen and oxygen atoms in total. The second kappa shape index (κ2) is 5.48. The molecule has 0 aliphatic heterocycles. The lowest BCUT2D eigenvalue weighted by atomic mass is 10.1. The summed E-state index contributed by atoms with van der Waals surface area (Å²) in [6.45, 7) is 2.40. The van der Waals surface area contributed by atoms with Crippen molar-refractivity contribution in [1.82, 2.24) is 5.32 Å². The predicted octanol–water partition coefficient (Wildman–Crippen LogP) is 1.35. The molecule has 2 N–H and O–H groups in total.